The quantitative estimate of drug-likeness (QED) is 0.265. The first-order valence-corrected chi connectivity index (χ1v) is 9.86. The molecule has 1 aromatic heterocycles. The maximum absolute atomic E-state index is 10.9. The summed E-state index contributed by atoms with van der Waals surface area (Å²) in [5, 5.41) is 32.5. The van der Waals surface area contributed by atoms with Crippen LogP contribution in [0.1, 0.15) is 10.6 Å². The largest absolute Gasteiger partial charge is 0.506 e. The van der Waals surface area contributed by atoms with Crippen LogP contribution in [0.15, 0.2) is 50.7 Å². The Kier molecular flexibility index (Phi) is 5.70. The number of benzene rings is 2. The van der Waals surface area contributed by atoms with E-state index in [1.54, 1.807) is 35.7 Å². The van der Waals surface area contributed by atoms with Crippen molar-refractivity contribution < 1.29 is 10.0 Å². The second kappa shape index (κ2) is 8.00. The van der Waals surface area contributed by atoms with Gasteiger partial charge in [-0.25, -0.2) is 4.98 Å². The maximum Gasteiger partial charge on any atom is 0.270 e. The summed E-state index contributed by atoms with van der Waals surface area (Å²) < 4.78 is 0.994. The number of phenolic OH excluding ortho intramolecular Hbond substituents is 1. The van der Waals surface area contributed by atoms with Crippen molar-refractivity contribution in [2.45, 2.75) is 0 Å². The molecule has 0 fully saturated rings. The number of hydrogen-bond acceptors (Lipinski definition) is 6. The van der Waals surface area contributed by atoms with Gasteiger partial charge in [0.2, 0.25) is 0 Å². The second-order valence-corrected chi connectivity index (χ2v) is 7.92. The van der Waals surface area contributed by atoms with Crippen LogP contribution in [0.4, 0.5) is 5.69 Å². The van der Waals surface area contributed by atoms with Crippen LogP contribution in [0.5, 0.6) is 5.75 Å². The molecular formula is C18H9Br2N3O3S. The lowest BCUT2D eigenvalue weighted by Crippen LogP contribution is -1.88. The van der Waals surface area contributed by atoms with E-state index in [9.17, 15) is 20.5 Å². The van der Waals surface area contributed by atoms with Gasteiger partial charge in [-0.1, -0.05) is 12.1 Å². The van der Waals surface area contributed by atoms with E-state index < -0.39 is 4.92 Å². The van der Waals surface area contributed by atoms with Gasteiger partial charge in [0.25, 0.3) is 5.69 Å². The molecule has 0 aliphatic rings. The number of thiazole rings is 1. The van der Waals surface area contributed by atoms with E-state index in [-0.39, 0.29) is 11.4 Å². The summed E-state index contributed by atoms with van der Waals surface area (Å²) in [7, 11) is 0. The lowest BCUT2D eigenvalue weighted by Gasteiger charge is -2.03. The molecule has 0 amide bonds. The molecule has 0 bridgehead atoms. The number of nitriles is 1. The molecule has 3 aromatic rings. The number of allylic oxidation sites excluding steroid dienone is 1. The summed E-state index contributed by atoms with van der Waals surface area (Å²) in [4.78, 5) is 14.9. The van der Waals surface area contributed by atoms with Gasteiger partial charge in [0, 0.05) is 23.1 Å². The lowest BCUT2D eigenvalue weighted by molar-refractivity contribution is -0.384. The fraction of sp³-hybridized carbons (Fsp3) is 0. The molecule has 3 rings (SSSR count). The van der Waals surface area contributed by atoms with E-state index in [0.29, 0.717) is 36.3 Å². The maximum atomic E-state index is 10.9. The first-order chi connectivity index (χ1) is 12.9. The van der Waals surface area contributed by atoms with Crippen LogP contribution >= 0.6 is 43.2 Å². The van der Waals surface area contributed by atoms with Gasteiger partial charge in [-0.2, -0.15) is 5.26 Å². The summed E-state index contributed by atoms with van der Waals surface area (Å²) in [5.41, 5.74) is 2.21. The van der Waals surface area contributed by atoms with Crippen molar-refractivity contribution in [2.24, 2.45) is 0 Å². The van der Waals surface area contributed by atoms with Crippen LogP contribution < -0.4 is 0 Å². The van der Waals surface area contributed by atoms with Gasteiger partial charge in [-0.15, -0.1) is 11.3 Å². The molecule has 0 spiro atoms. The molecule has 1 N–H and O–H groups in total. The molecule has 0 unspecified atom stereocenters. The average Bonchev–Trinajstić information content (AvgIpc) is 3.14. The van der Waals surface area contributed by atoms with Gasteiger partial charge in [0.15, 0.2) is 0 Å². The number of aromatic nitrogens is 1. The van der Waals surface area contributed by atoms with Crippen molar-refractivity contribution in [3.63, 3.8) is 0 Å². The number of nitro benzene ring substituents is 1. The minimum Gasteiger partial charge on any atom is -0.506 e. The van der Waals surface area contributed by atoms with E-state index in [2.05, 4.69) is 42.9 Å². The number of phenols is 1. The second-order valence-electron chi connectivity index (χ2n) is 5.35. The third kappa shape index (κ3) is 4.24. The zero-order valence-corrected chi connectivity index (χ0v) is 17.4. The van der Waals surface area contributed by atoms with Gasteiger partial charge < -0.3 is 5.11 Å². The van der Waals surface area contributed by atoms with Gasteiger partial charge in [-0.3, -0.25) is 10.1 Å². The van der Waals surface area contributed by atoms with Crippen molar-refractivity contribution in [3.05, 3.63) is 71.4 Å². The predicted octanol–water partition coefficient (Wildman–Crippen LogP) is 6.01. The summed E-state index contributed by atoms with van der Waals surface area (Å²) in [6.45, 7) is 0. The Morgan fingerprint density at radius 3 is 2.63 bits per heavy atom. The van der Waals surface area contributed by atoms with Gasteiger partial charge >= 0.3 is 0 Å². The van der Waals surface area contributed by atoms with Crippen molar-refractivity contribution in [1.82, 2.24) is 4.98 Å². The standard InChI is InChI=1S/C18H9Br2N3O3S/c19-14-5-10(6-15(20)17(14)24)4-12(8-21)18-22-16(9-27-18)11-2-1-3-13(7-11)23(25)26/h1-7,9,24H. The zero-order chi connectivity index (χ0) is 19.6. The van der Waals surface area contributed by atoms with Crippen molar-refractivity contribution in [3.8, 4) is 23.1 Å². The van der Waals surface area contributed by atoms with Crippen molar-refractivity contribution >= 4 is 60.5 Å². The van der Waals surface area contributed by atoms with E-state index in [1.165, 1.54) is 23.5 Å². The van der Waals surface area contributed by atoms with Crippen molar-refractivity contribution in [1.29, 1.82) is 5.26 Å². The highest BCUT2D eigenvalue weighted by molar-refractivity contribution is 9.11. The molecule has 0 aliphatic carbocycles. The fourth-order valence-corrected chi connectivity index (χ4v) is 4.30. The normalized spacial score (nSPS) is 11.2. The van der Waals surface area contributed by atoms with Crippen LogP contribution in [0, 0.1) is 21.4 Å². The number of nitrogens with zero attached hydrogens (tertiary/aromatic N) is 3. The van der Waals surface area contributed by atoms with Gasteiger partial charge in [0.1, 0.15) is 16.8 Å². The molecule has 0 saturated carbocycles. The Labute approximate surface area is 174 Å². The first kappa shape index (κ1) is 19.2. The number of non-ortho nitro benzene ring substituents is 1. The van der Waals surface area contributed by atoms with Crippen LogP contribution in [0.2, 0.25) is 0 Å². The summed E-state index contributed by atoms with van der Waals surface area (Å²) in [6, 6.07) is 11.7. The summed E-state index contributed by atoms with van der Waals surface area (Å²) >= 11 is 7.79. The molecule has 6 nitrogen and oxygen atoms in total. The average molecular weight is 507 g/mol. The lowest BCUT2D eigenvalue weighted by atomic mass is 10.1. The van der Waals surface area contributed by atoms with Crippen molar-refractivity contribution in [2.75, 3.05) is 0 Å². The number of hydrogen-bond donors (Lipinski definition) is 1. The molecule has 0 aliphatic heterocycles. The minimum atomic E-state index is -0.460. The van der Waals surface area contributed by atoms with Crippen LogP contribution in [0.25, 0.3) is 22.9 Å². The highest BCUT2D eigenvalue weighted by Crippen LogP contribution is 2.35. The number of aromatic hydroxyl groups is 1. The molecule has 0 atom stereocenters. The highest BCUT2D eigenvalue weighted by atomic mass is 79.9. The molecule has 134 valence electrons. The van der Waals surface area contributed by atoms with E-state index >= 15 is 0 Å². The minimum absolute atomic E-state index is 0.0168. The summed E-state index contributed by atoms with van der Waals surface area (Å²) in [5.74, 6) is 0.0767. The smallest absolute Gasteiger partial charge is 0.270 e. The molecule has 27 heavy (non-hydrogen) atoms. The van der Waals surface area contributed by atoms with E-state index in [1.807, 2.05) is 0 Å². The molecule has 9 heteroatoms. The van der Waals surface area contributed by atoms with E-state index in [0.717, 1.165) is 0 Å². The topological polar surface area (TPSA) is 100 Å². The molecule has 2 aromatic carbocycles. The Balaban J connectivity index is 1.98. The monoisotopic (exact) mass is 505 g/mol. The first-order valence-electron chi connectivity index (χ1n) is 7.39. The Hall–Kier alpha value is -2.54. The Morgan fingerprint density at radius 2 is 2.00 bits per heavy atom. The predicted molar refractivity (Wildman–Crippen MR) is 111 cm³/mol. The third-order valence-corrected chi connectivity index (χ3v) is 5.64. The van der Waals surface area contributed by atoms with Crippen LogP contribution in [-0.4, -0.2) is 15.0 Å². The third-order valence-electron chi connectivity index (χ3n) is 3.56. The molecule has 0 saturated heterocycles. The number of halogens is 2. The van der Waals surface area contributed by atoms with E-state index in [4.69, 9.17) is 0 Å². The number of nitro groups is 1. The fourth-order valence-electron chi connectivity index (χ4n) is 2.29. The molecule has 1 heterocycles. The highest BCUT2D eigenvalue weighted by Gasteiger charge is 2.13. The Bertz CT molecular complexity index is 1100. The zero-order valence-electron chi connectivity index (χ0n) is 13.4. The SMILES string of the molecule is N#CC(=Cc1cc(Br)c(O)c(Br)c1)c1nc(-c2cccc([N+](=O)[O-])c2)cs1. The molecular weight excluding hydrogens is 498 g/mol. The van der Waals surface area contributed by atoms with Gasteiger partial charge in [0.05, 0.1) is 25.1 Å². The number of rotatable bonds is 4. The molecule has 0 radical (unpaired) electrons. The summed E-state index contributed by atoms with van der Waals surface area (Å²) in [6.07, 6.45) is 1.66. The van der Waals surface area contributed by atoms with Gasteiger partial charge in [-0.05, 0) is 55.6 Å². The van der Waals surface area contributed by atoms with Crippen LogP contribution in [0.3, 0.4) is 0 Å². The van der Waals surface area contributed by atoms with Crippen LogP contribution in [-0.2, 0) is 0 Å². The Morgan fingerprint density at radius 1 is 1.30 bits per heavy atom.